The van der Waals surface area contributed by atoms with Crippen molar-refractivity contribution in [1.29, 1.82) is 0 Å². The van der Waals surface area contributed by atoms with Gasteiger partial charge in [0.25, 0.3) is 5.91 Å². The lowest BCUT2D eigenvalue weighted by Gasteiger charge is -2.17. The van der Waals surface area contributed by atoms with Crippen LogP contribution in [0.2, 0.25) is 0 Å². The minimum Gasteiger partial charge on any atom is -0.452 e. The Kier molecular flexibility index (Phi) is 5.32. The summed E-state index contributed by atoms with van der Waals surface area (Å²) < 4.78 is 5.27. The number of hydrogen-bond acceptors (Lipinski definition) is 5. The molecule has 0 N–H and O–H groups in total. The van der Waals surface area contributed by atoms with Crippen molar-refractivity contribution >= 4 is 34.1 Å². The highest BCUT2D eigenvalue weighted by atomic mass is 32.1. The summed E-state index contributed by atoms with van der Waals surface area (Å²) in [5.74, 6) is -0.757. The molecule has 26 heavy (non-hydrogen) atoms. The lowest BCUT2D eigenvalue weighted by Crippen LogP contribution is -2.30. The molecule has 3 aromatic rings. The third-order valence-electron chi connectivity index (χ3n) is 4.26. The first-order valence-electron chi connectivity index (χ1n) is 8.26. The van der Waals surface area contributed by atoms with Crippen LogP contribution < -0.4 is 0 Å². The fraction of sp³-hybridized carbons (Fsp3) is 0.250. The van der Waals surface area contributed by atoms with E-state index in [4.69, 9.17) is 4.74 Å². The minimum absolute atomic E-state index is 0.240. The number of benzene rings is 1. The largest absolute Gasteiger partial charge is 0.452 e. The number of para-hydroxylation sites is 1. The molecule has 0 aliphatic rings. The number of rotatable bonds is 5. The van der Waals surface area contributed by atoms with Gasteiger partial charge in [-0.25, -0.2) is 4.79 Å². The number of pyridine rings is 1. The number of aromatic nitrogens is 1. The van der Waals surface area contributed by atoms with Gasteiger partial charge in [-0.3, -0.25) is 9.78 Å². The second kappa shape index (κ2) is 7.66. The van der Waals surface area contributed by atoms with Crippen LogP contribution in [0.5, 0.6) is 0 Å². The second-order valence-electron chi connectivity index (χ2n) is 6.12. The van der Waals surface area contributed by atoms with Gasteiger partial charge in [-0.1, -0.05) is 24.3 Å². The molecule has 0 atom stereocenters. The van der Waals surface area contributed by atoms with E-state index >= 15 is 0 Å². The Morgan fingerprint density at radius 1 is 1.15 bits per heavy atom. The van der Waals surface area contributed by atoms with Crippen LogP contribution in [-0.4, -0.2) is 35.4 Å². The van der Waals surface area contributed by atoms with Gasteiger partial charge in [0, 0.05) is 17.3 Å². The molecule has 5 nitrogen and oxygen atoms in total. The van der Waals surface area contributed by atoms with E-state index in [0.29, 0.717) is 17.8 Å². The molecule has 0 aliphatic heterocycles. The maximum Gasteiger partial charge on any atom is 0.340 e. The molecule has 0 saturated heterocycles. The first-order chi connectivity index (χ1) is 12.5. The van der Waals surface area contributed by atoms with Crippen molar-refractivity contribution in [3.63, 3.8) is 0 Å². The Labute approximate surface area is 156 Å². The van der Waals surface area contributed by atoms with Crippen molar-refractivity contribution in [2.75, 3.05) is 13.7 Å². The van der Waals surface area contributed by atoms with Crippen molar-refractivity contribution in [1.82, 2.24) is 9.88 Å². The van der Waals surface area contributed by atoms with E-state index in [1.54, 1.807) is 30.2 Å². The molecule has 0 radical (unpaired) electrons. The molecule has 0 spiro atoms. The summed E-state index contributed by atoms with van der Waals surface area (Å²) in [4.78, 5) is 31.9. The summed E-state index contributed by atoms with van der Waals surface area (Å²) in [6, 6.07) is 11.6. The van der Waals surface area contributed by atoms with Crippen LogP contribution in [0.3, 0.4) is 0 Å². The number of hydrogen-bond donors (Lipinski definition) is 0. The van der Waals surface area contributed by atoms with Gasteiger partial charge in [-0.15, -0.1) is 11.3 Å². The number of fused-ring (bicyclic) bond motifs is 1. The van der Waals surface area contributed by atoms with Gasteiger partial charge in [0.05, 0.1) is 23.3 Å². The number of amides is 1. The van der Waals surface area contributed by atoms with E-state index in [-0.39, 0.29) is 12.5 Å². The van der Waals surface area contributed by atoms with Crippen molar-refractivity contribution in [2.24, 2.45) is 0 Å². The van der Waals surface area contributed by atoms with Crippen molar-refractivity contribution < 1.29 is 14.3 Å². The highest BCUT2D eigenvalue weighted by Gasteiger charge is 2.19. The summed E-state index contributed by atoms with van der Waals surface area (Å²) in [5, 5.41) is 2.87. The van der Waals surface area contributed by atoms with Gasteiger partial charge < -0.3 is 9.64 Å². The number of carbonyl (C=O) groups is 2. The molecule has 3 rings (SSSR count). The molecule has 0 bridgehead atoms. The van der Waals surface area contributed by atoms with Gasteiger partial charge >= 0.3 is 5.97 Å². The number of thiophene rings is 1. The molecule has 134 valence electrons. The van der Waals surface area contributed by atoms with E-state index in [2.05, 4.69) is 4.98 Å². The van der Waals surface area contributed by atoms with Crippen LogP contribution in [0.4, 0.5) is 0 Å². The lowest BCUT2D eigenvalue weighted by atomic mass is 10.0. The maximum atomic E-state index is 12.5. The zero-order valence-electron chi connectivity index (χ0n) is 15.0. The van der Waals surface area contributed by atoms with Crippen LogP contribution >= 0.6 is 11.3 Å². The molecular formula is C20H20N2O3S. The molecule has 6 heteroatoms. The second-order valence-corrected chi connectivity index (χ2v) is 7.15. The number of nitrogens with zero attached hydrogens (tertiary/aromatic N) is 2. The maximum absolute atomic E-state index is 12.5. The molecule has 0 aliphatic carbocycles. The standard InChI is InChI=1S/C20H20N2O3S/c1-13-16-8-4-5-9-17(16)21-14(2)19(13)20(24)25-12-18(23)22(3)11-15-7-6-10-26-15/h4-10H,11-12H2,1-3H3. The Morgan fingerprint density at radius 3 is 2.65 bits per heavy atom. The number of esters is 1. The third kappa shape index (κ3) is 3.75. The van der Waals surface area contributed by atoms with Crippen LogP contribution in [0.25, 0.3) is 10.9 Å². The number of aryl methyl sites for hydroxylation is 2. The fourth-order valence-electron chi connectivity index (χ4n) is 2.87. The summed E-state index contributed by atoms with van der Waals surface area (Å²) in [5.41, 5.74) is 2.69. The topological polar surface area (TPSA) is 59.5 Å². The molecule has 1 amide bonds. The average molecular weight is 368 g/mol. The summed E-state index contributed by atoms with van der Waals surface area (Å²) in [6.45, 7) is 3.87. The third-order valence-corrected chi connectivity index (χ3v) is 5.12. The molecule has 2 heterocycles. The van der Waals surface area contributed by atoms with Gasteiger partial charge in [0.1, 0.15) is 0 Å². The predicted molar refractivity (Wildman–Crippen MR) is 102 cm³/mol. The monoisotopic (exact) mass is 368 g/mol. The summed E-state index contributed by atoms with van der Waals surface area (Å²) >= 11 is 1.59. The molecule has 0 saturated carbocycles. The average Bonchev–Trinajstić information content (AvgIpc) is 3.12. The molecule has 1 aromatic carbocycles. The van der Waals surface area contributed by atoms with Crippen LogP contribution in [0.1, 0.15) is 26.5 Å². The van der Waals surface area contributed by atoms with E-state index in [9.17, 15) is 9.59 Å². The molecule has 0 unspecified atom stereocenters. The number of likely N-dealkylation sites (N-methyl/N-ethyl adjacent to an activating group) is 1. The molecule has 2 aromatic heterocycles. The van der Waals surface area contributed by atoms with E-state index in [0.717, 1.165) is 21.3 Å². The van der Waals surface area contributed by atoms with Crippen LogP contribution in [-0.2, 0) is 16.1 Å². The van der Waals surface area contributed by atoms with E-state index in [1.165, 1.54) is 0 Å². The summed E-state index contributed by atoms with van der Waals surface area (Å²) in [6.07, 6.45) is 0. The SMILES string of the molecule is Cc1nc2ccccc2c(C)c1C(=O)OCC(=O)N(C)Cc1cccs1. The Hall–Kier alpha value is -2.73. The lowest BCUT2D eigenvalue weighted by molar-refractivity contribution is -0.133. The Morgan fingerprint density at radius 2 is 1.92 bits per heavy atom. The molecular weight excluding hydrogens is 348 g/mol. The van der Waals surface area contributed by atoms with Gasteiger partial charge in [0.15, 0.2) is 6.61 Å². The Bertz CT molecular complexity index is 951. The van der Waals surface area contributed by atoms with Crippen molar-refractivity contribution in [3.8, 4) is 0 Å². The summed E-state index contributed by atoms with van der Waals surface area (Å²) in [7, 11) is 1.70. The highest BCUT2D eigenvalue weighted by molar-refractivity contribution is 7.09. The van der Waals surface area contributed by atoms with E-state index < -0.39 is 5.97 Å². The first-order valence-corrected chi connectivity index (χ1v) is 9.14. The first kappa shape index (κ1) is 18.1. The van der Waals surface area contributed by atoms with Gasteiger partial charge in [0.2, 0.25) is 0 Å². The van der Waals surface area contributed by atoms with Gasteiger partial charge in [-0.2, -0.15) is 0 Å². The van der Waals surface area contributed by atoms with Crippen molar-refractivity contribution in [3.05, 3.63) is 63.5 Å². The highest BCUT2D eigenvalue weighted by Crippen LogP contribution is 2.23. The zero-order valence-corrected chi connectivity index (χ0v) is 15.8. The number of carbonyl (C=O) groups excluding carboxylic acids is 2. The predicted octanol–water partition coefficient (Wildman–Crippen LogP) is 3.73. The fourth-order valence-corrected chi connectivity index (χ4v) is 3.62. The van der Waals surface area contributed by atoms with Crippen molar-refractivity contribution in [2.45, 2.75) is 20.4 Å². The van der Waals surface area contributed by atoms with E-state index in [1.807, 2.05) is 48.7 Å². The Balaban J connectivity index is 1.70. The minimum atomic E-state index is -0.517. The van der Waals surface area contributed by atoms with Gasteiger partial charge in [-0.05, 0) is 36.9 Å². The van der Waals surface area contributed by atoms with Crippen LogP contribution in [0.15, 0.2) is 41.8 Å². The number of ether oxygens (including phenoxy) is 1. The smallest absolute Gasteiger partial charge is 0.340 e. The zero-order chi connectivity index (χ0) is 18.7. The normalized spacial score (nSPS) is 10.7. The molecule has 0 fully saturated rings. The van der Waals surface area contributed by atoms with Crippen LogP contribution in [0, 0.1) is 13.8 Å². The quantitative estimate of drug-likeness (QED) is 0.644.